The lowest BCUT2D eigenvalue weighted by Crippen LogP contribution is -2.15. The van der Waals surface area contributed by atoms with Gasteiger partial charge in [-0.15, -0.1) is 0 Å². The first-order chi connectivity index (χ1) is 17.4. The number of hydrogen-bond acceptors (Lipinski definition) is 5. The third kappa shape index (κ3) is 4.30. The van der Waals surface area contributed by atoms with Crippen molar-refractivity contribution in [3.05, 3.63) is 61.0 Å². The largest absolute Gasteiger partial charge is 0.493 e. The SMILES string of the molecule is COC(=O)c1c(Br)c2cc3nc(c(OC)c4[nH]c(cc5nc(cc1[nH]2)CC5(C)C)c(Br)c4C)CC3(C)C. The molecule has 0 saturated heterocycles. The number of fused-ring (bicyclic) bond motifs is 8. The third-order valence-electron chi connectivity index (χ3n) is 7.29. The Bertz CT molecular complexity index is 1620. The summed E-state index contributed by atoms with van der Waals surface area (Å²) in [4.78, 5) is 29.8. The summed E-state index contributed by atoms with van der Waals surface area (Å²) >= 11 is 7.44. The van der Waals surface area contributed by atoms with E-state index in [9.17, 15) is 4.79 Å². The fourth-order valence-corrected chi connectivity index (χ4v) is 6.16. The van der Waals surface area contributed by atoms with Crippen molar-refractivity contribution in [2.45, 2.75) is 58.3 Å². The number of halogens is 2. The summed E-state index contributed by atoms with van der Waals surface area (Å²) in [6.45, 7) is 10.7. The number of rotatable bonds is 2. The first kappa shape index (κ1) is 26.0. The van der Waals surface area contributed by atoms with Gasteiger partial charge in [0, 0.05) is 45.2 Å². The Morgan fingerprint density at radius 2 is 1.51 bits per heavy atom. The lowest BCUT2D eigenvalue weighted by Gasteiger charge is -2.16. The van der Waals surface area contributed by atoms with E-state index in [0.717, 1.165) is 61.5 Å². The van der Waals surface area contributed by atoms with E-state index in [1.165, 1.54) is 7.11 Å². The Labute approximate surface area is 232 Å². The molecule has 0 spiro atoms. The van der Waals surface area contributed by atoms with Gasteiger partial charge in [0.15, 0.2) is 5.75 Å². The van der Waals surface area contributed by atoms with Crippen LogP contribution in [0.15, 0.2) is 27.1 Å². The summed E-state index contributed by atoms with van der Waals surface area (Å²) in [5.74, 6) is 0.296. The van der Waals surface area contributed by atoms with Crippen LogP contribution in [0.25, 0.3) is 22.1 Å². The molecule has 2 N–H and O–H groups in total. The smallest absolute Gasteiger partial charge is 0.341 e. The number of aromatic nitrogens is 4. The van der Waals surface area contributed by atoms with Crippen molar-refractivity contribution >= 4 is 59.9 Å². The van der Waals surface area contributed by atoms with E-state index >= 15 is 0 Å². The number of nitrogens with zero attached hydrogens (tertiary/aromatic N) is 2. The maximum atomic E-state index is 12.8. The van der Waals surface area contributed by atoms with Crippen LogP contribution in [0.4, 0.5) is 0 Å². The normalized spacial score (nSPS) is 16.0. The molecule has 0 aromatic carbocycles. The molecule has 0 saturated carbocycles. The zero-order valence-corrected chi connectivity index (χ0v) is 25.2. The highest BCUT2D eigenvalue weighted by molar-refractivity contribution is 9.11. The number of methoxy groups -OCH3 is 2. The van der Waals surface area contributed by atoms with Gasteiger partial charge in [-0.2, -0.15) is 0 Å². The molecule has 37 heavy (non-hydrogen) atoms. The molecule has 0 amide bonds. The van der Waals surface area contributed by atoms with Gasteiger partial charge in [0.25, 0.3) is 0 Å². The number of aryl methyl sites for hydroxylation is 1. The first-order valence-corrected chi connectivity index (χ1v) is 13.7. The Hall–Kier alpha value is -2.65. The zero-order valence-electron chi connectivity index (χ0n) is 22.0. The van der Waals surface area contributed by atoms with Crippen LogP contribution in [0.1, 0.15) is 66.4 Å². The Morgan fingerprint density at radius 1 is 0.892 bits per heavy atom. The van der Waals surface area contributed by atoms with E-state index in [1.807, 2.05) is 12.1 Å². The van der Waals surface area contributed by atoms with Crippen molar-refractivity contribution in [1.82, 2.24) is 19.9 Å². The maximum absolute atomic E-state index is 12.8. The van der Waals surface area contributed by atoms with Crippen molar-refractivity contribution in [2.75, 3.05) is 14.2 Å². The van der Waals surface area contributed by atoms with Gasteiger partial charge < -0.3 is 19.4 Å². The first-order valence-electron chi connectivity index (χ1n) is 12.1. The van der Waals surface area contributed by atoms with Gasteiger partial charge in [0.2, 0.25) is 0 Å². The molecule has 8 bridgehead atoms. The molecule has 0 radical (unpaired) electrons. The van der Waals surface area contributed by atoms with Crippen molar-refractivity contribution in [3.8, 4) is 5.75 Å². The summed E-state index contributed by atoms with van der Waals surface area (Å²) < 4.78 is 12.7. The minimum atomic E-state index is -0.423. The number of hydrogen-bond donors (Lipinski definition) is 2. The lowest BCUT2D eigenvalue weighted by molar-refractivity contribution is 0.0602. The van der Waals surface area contributed by atoms with Crippen molar-refractivity contribution in [3.63, 3.8) is 0 Å². The molecule has 7 nitrogen and oxygen atoms in total. The van der Waals surface area contributed by atoms with E-state index in [4.69, 9.17) is 19.4 Å². The van der Waals surface area contributed by atoms with Crippen molar-refractivity contribution < 1.29 is 14.3 Å². The minimum Gasteiger partial charge on any atom is -0.493 e. The highest BCUT2D eigenvalue weighted by Crippen LogP contribution is 2.40. The summed E-state index contributed by atoms with van der Waals surface area (Å²) in [6.07, 6.45) is 1.43. The molecule has 0 atom stereocenters. The summed E-state index contributed by atoms with van der Waals surface area (Å²) in [5.41, 5.74) is 7.86. The van der Waals surface area contributed by atoms with Gasteiger partial charge in [-0.3, -0.25) is 9.97 Å². The van der Waals surface area contributed by atoms with Crippen molar-refractivity contribution in [1.29, 1.82) is 0 Å². The lowest BCUT2D eigenvalue weighted by atomic mass is 9.87. The predicted octanol–water partition coefficient (Wildman–Crippen LogP) is 6.98. The predicted molar refractivity (Wildman–Crippen MR) is 152 cm³/mol. The molecule has 5 heterocycles. The number of ether oxygens (including phenoxy) is 2. The second-order valence-electron chi connectivity index (χ2n) is 11.0. The number of carbonyl (C=O) groups is 1. The molecular weight excluding hydrogens is 600 g/mol. The van der Waals surface area contributed by atoms with E-state index in [1.54, 1.807) is 7.11 Å². The number of esters is 1. The fourth-order valence-electron chi connectivity index (χ4n) is 5.15. The quantitative estimate of drug-likeness (QED) is 0.298. The highest BCUT2D eigenvalue weighted by atomic mass is 79.9. The molecule has 194 valence electrons. The molecule has 2 aliphatic heterocycles. The van der Waals surface area contributed by atoms with Crippen molar-refractivity contribution in [2.24, 2.45) is 0 Å². The third-order valence-corrected chi connectivity index (χ3v) is 9.14. The topological polar surface area (TPSA) is 92.9 Å². The second-order valence-corrected chi connectivity index (χ2v) is 12.6. The van der Waals surface area contributed by atoms with Gasteiger partial charge in [-0.05, 0) is 62.5 Å². The zero-order chi connectivity index (χ0) is 26.9. The van der Waals surface area contributed by atoms with Gasteiger partial charge >= 0.3 is 5.97 Å². The highest BCUT2D eigenvalue weighted by Gasteiger charge is 2.33. The van der Waals surface area contributed by atoms with Crippen LogP contribution in [-0.2, 0) is 28.4 Å². The Balaban J connectivity index is 2.00. The molecule has 0 aliphatic carbocycles. The van der Waals surface area contributed by atoms with E-state index in [-0.39, 0.29) is 10.8 Å². The summed E-state index contributed by atoms with van der Waals surface area (Å²) in [6, 6.07) is 6.03. The molecule has 3 aromatic heterocycles. The van der Waals surface area contributed by atoms with E-state index < -0.39 is 5.97 Å². The van der Waals surface area contributed by atoms with Crippen LogP contribution in [0.3, 0.4) is 0 Å². The molecule has 0 fully saturated rings. The molecular formula is C28H30Br2N4O3. The maximum Gasteiger partial charge on any atom is 0.341 e. The van der Waals surface area contributed by atoms with Crippen LogP contribution < -0.4 is 4.74 Å². The molecule has 5 rings (SSSR count). The van der Waals surface area contributed by atoms with Gasteiger partial charge in [0.1, 0.15) is 0 Å². The molecule has 3 aromatic rings. The number of nitrogens with one attached hydrogen (secondary N) is 2. The monoisotopic (exact) mass is 628 g/mol. The molecule has 9 heteroatoms. The molecule has 0 unspecified atom stereocenters. The number of aromatic amines is 2. The van der Waals surface area contributed by atoms with Crippen LogP contribution in [0.2, 0.25) is 0 Å². The Kier molecular flexibility index (Phi) is 6.30. The molecule has 2 aliphatic rings. The number of H-pyrrole nitrogens is 2. The van der Waals surface area contributed by atoms with Crippen LogP contribution >= 0.6 is 31.9 Å². The average Bonchev–Trinajstić information content (AvgIpc) is 3.47. The van der Waals surface area contributed by atoms with Gasteiger partial charge in [-0.25, -0.2) is 4.79 Å². The second kappa shape index (κ2) is 8.98. The van der Waals surface area contributed by atoms with Crippen LogP contribution in [0.5, 0.6) is 5.75 Å². The standard InChI is InChI=1S/C28H30Br2N4O3/c1-13-22(29)16-9-19-27(2,3)11-14(31-19)8-15-21(26(35)37-7)23(30)17(32-15)10-20-28(4,5)12-18(33-20)25(36-6)24(13)34-16/h8-10,32,34H,11-12H2,1-7H3. The van der Waals surface area contributed by atoms with Crippen LogP contribution in [0, 0.1) is 6.92 Å². The average molecular weight is 630 g/mol. The number of carbonyl (C=O) groups excluding carboxylic acids is 1. The minimum absolute atomic E-state index is 0.195. The van der Waals surface area contributed by atoms with Crippen LogP contribution in [-0.4, -0.2) is 40.1 Å². The summed E-state index contributed by atoms with van der Waals surface area (Å²) in [7, 11) is 3.07. The summed E-state index contributed by atoms with van der Waals surface area (Å²) in [5, 5.41) is 0. The van der Waals surface area contributed by atoms with E-state index in [2.05, 4.69) is 82.5 Å². The Morgan fingerprint density at radius 3 is 2.16 bits per heavy atom. The van der Waals surface area contributed by atoms with Gasteiger partial charge in [-0.1, -0.05) is 27.7 Å². The van der Waals surface area contributed by atoms with E-state index in [0.29, 0.717) is 22.0 Å². The fraction of sp³-hybridized carbons (Fsp3) is 0.393. The van der Waals surface area contributed by atoms with Gasteiger partial charge in [0.05, 0.1) is 52.0 Å².